The van der Waals surface area contributed by atoms with E-state index in [1.54, 1.807) is 0 Å². The Morgan fingerprint density at radius 1 is 1.23 bits per heavy atom. The maximum atomic E-state index is 12.4. The molecule has 0 aliphatic carbocycles. The van der Waals surface area contributed by atoms with Crippen molar-refractivity contribution in [1.82, 2.24) is 0 Å². The lowest BCUT2D eigenvalue weighted by atomic mass is 10.1. The van der Waals surface area contributed by atoms with Gasteiger partial charge in [-0.05, 0) is 50.5 Å². The van der Waals surface area contributed by atoms with E-state index in [-0.39, 0.29) is 5.91 Å². The first kappa shape index (κ1) is 14.6. The van der Waals surface area contributed by atoms with Crippen LogP contribution in [0.25, 0.3) is 0 Å². The van der Waals surface area contributed by atoms with Crippen molar-refractivity contribution in [3.05, 3.63) is 59.2 Å². The summed E-state index contributed by atoms with van der Waals surface area (Å²) in [7, 11) is 0. The van der Waals surface area contributed by atoms with Gasteiger partial charge in [-0.2, -0.15) is 0 Å². The van der Waals surface area contributed by atoms with Crippen LogP contribution in [-0.2, 0) is 11.2 Å². The molecule has 0 unspecified atom stereocenters. The highest BCUT2D eigenvalue weighted by molar-refractivity contribution is 5.95. The SMILES string of the molecule is Cc1ccc(NC(=O)CN2c3ccccc3C[C@@H]2C)c(C)c1. The zero-order chi connectivity index (χ0) is 15.7. The van der Waals surface area contributed by atoms with Crippen LogP contribution in [0.15, 0.2) is 42.5 Å². The van der Waals surface area contributed by atoms with Crippen LogP contribution in [0.3, 0.4) is 0 Å². The van der Waals surface area contributed by atoms with Crippen molar-refractivity contribution < 1.29 is 4.79 Å². The predicted molar refractivity (Wildman–Crippen MR) is 91.5 cm³/mol. The number of hydrogen-bond acceptors (Lipinski definition) is 2. The van der Waals surface area contributed by atoms with Crippen LogP contribution in [0.2, 0.25) is 0 Å². The van der Waals surface area contributed by atoms with Gasteiger partial charge in [0.15, 0.2) is 0 Å². The molecule has 1 amide bonds. The van der Waals surface area contributed by atoms with Crippen molar-refractivity contribution in [3.63, 3.8) is 0 Å². The molecule has 0 bridgehead atoms. The van der Waals surface area contributed by atoms with Gasteiger partial charge in [-0.1, -0.05) is 35.9 Å². The molecule has 0 saturated heterocycles. The van der Waals surface area contributed by atoms with Crippen molar-refractivity contribution in [2.45, 2.75) is 33.2 Å². The highest BCUT2D eigenvalue weighted by atomic mass is 16.2. The summed E-state index contributed by atoms with van der Waals surface area (Å²) in [5, 5.41) is 3.04. The second-order valence-electron chi connectivity index (χ2n) is 6.18. The molecule has 1 aliphatic heterocycles. The number of benzene rings is 2. The third kappa shape index (κ3) is 2.84. The molecule has 2 aromatic rings. The first-order valence-corrected chi connectivity index (χ1v) is 7.76. The van der Waals surface area contributed by atoms with Gasteiger partial charge in [0.05, 0.1) is 6.54 Å². The van der Waals surface area contributed by atoms with E-state index in [1.807, 2.05) is 25.1 Å². The summed E-state index contributed by atoms with van der Waals surface area (Å²) in [4.78, 5) is 14.6. The summed E-state index contributed by atoms with van der Waals surface area (Å²) >= 11 is 0. The second-order valence-corrected chi connectivity index (χ2v) is 6.18. The molecule has 0 fully saturated rings. The van der Waals surface area contributed by atoms with E-state index in [1.165, 1.54) is 16.8 Å². The van der Waals surface area contributed by atoms with Gasteiger partial charge in [-0.3, -0.25) is 4.79 Å². The highest BCUT2D eigenvalue weighted by Crippen LogP contribution is 2.31. The number of anilines is 2. The molecule has 3 rings (SSSR count). The fraction of sp³-hybridized carbons (Fsp3) is 0.316. The Bertz CT molecular complexity index is 708. The largest absolute Gasteiger partial charge is 0.359 e. The number of carbonyl (C=O) groups is 1. The molecule has 1 N–H and O–H groups in total. The van der Waals surface area contributed by atoms with Gasteiger partial charge in [-0.15, -0.1) is 0 Å². The lowest BCUT2D eigenvalue weighted by Gasteiger charge is -2.24. The van der Waals surface area contributed by atoms with Gasteiger partial charge in [-0.25, -0.2) is 0 Å². The summed E-state index contributed by atoms with van der Waals surface area (Å²) < 4.78 is 0. The average Bonchev–Trinajstić information content (AvgIpc) is 2.78. The summed E-state index contributed by atoms with van der Waals surface area (Å²) in [6.45, 7) is 6.65. The molecule has 1 atom stereocenters. The molecular formula is C19H22N2O. The van der Waals surface area contributed by atoms with Gasteiger partial charge < -0.3 is 10.2 Å². The van der Waals surface area contributed by atoms with Crippen molar-refractivity contribution >= 4 is 17.3 Å². The van der Waals surface area contributed by atoms with Gasteiger partial charge in [0.1, 0.15) is 0 Å². The molecule has 114 valence electrons. The van der Waals surface area contributed by atoms with Gasteiger partial charge in [0, 0.05) is 17.4 Å². The molecule has 3 nitrogen and oxygen atoms in total. The number of rotatable bonds is 3. The first-order chi connectivity index (χ1) is 10.5. The standard InChI is InChI=1S/C19H22N2O/c1-13-8-9-17(14(2)10-13)20-19(22)12-21-15(3)11-16-6-4-5-7-18(16)21/h4-10,15H,11-12H2,1-3H3,(H,20,22)/t15-/m0/s1. The zero-order valence-electron chi connectivity index (χ0n) is 13.4. The molecular weight excluding hydrogens is 272 g/mol. The maximum Gasteiger partial charge on any atom is 0.243 e. The van der Waals surface area contributed by atoms with Gasteiger partial charge >= 0.3 is 0 Å². The maximum absolute atomic E-state index is 12.4. The molecule has 22 heavy (non-hydrogen) atoms. The Morgan fingerprint density at radius 2 is 2.00 bits per heavy atom. The van der Waals surface area contributed by atoms with Crippen LogP contribution >= 0.6 is 0 Å². The summed E-state index contributed by atoms with van der Waals surface area (Å²) in [6.07, 6.45) is 1.01. The first-order valence-electron chi connectivity index (χ1n) is 7.76. The fourth-order valence-corrected chi connectivity index (χ4v) is 3.17. The van der Waals surface area contributed by atoms with Crippen molar-refractivity contribution in [2.24, 2.45) is 0 Å². The predicted octanol–water partition coefficient (Wildman–Crippen LogP) is 3.69. The lowest BCUT2D eigenvalue weighted by molar-refractivity contribution is -0.115. The van der Waals surface area contributed by atoms with E-state index in [0.717, 1.165) is 17.7 Å². The number of amides is 1. The van der Waals surface area contributed by atoms with Crippen molar-refractivity contribution in [1.29, 1.82) is 0 Å². The molecule has 0 saturated carbocycles. The summed E-state index contributed by atoms with van der Waals surface area (Å²) in [6, 6.07) is 14.8. The molecule has 0 aromatic heterocycles. The van der Waals surface area contributed by atoms with E-state index < -0.39 is 0 Å². The topological polar surface area (TPSA) is 32.3 Å². The van der Waals surface area contributed by atoms with E-state index in [4.69, 9.17) is 0 Å². The van der Waals surface area contributed by atoms with Crippen LogP contribution in [0, 0.1) is 13.8 Å². The molecule has 1 aliphatic rings. The number of aryl methyl sites for hydroxylation is 2. The quantitative estimate of drug-likeness (QED) is 0.936. The van der Waals surface area contributed by atoms with E-state index in [0.29, 0.717) is 12.6 Å². The third-order valence-electron chi connectivity index (χ3n) is 4.32. The minimum absolute atomic E-state index is 0.0375. The Hall–Kier alpha value is -2.29. The van der Waals surface area contributed by atoms with Crippen LogP contribution in [0.4, 0.5) is 11.4 Å². The summed E-state index contributed by atoms with van der Waals surface area (Å²) in [5.41, 5.74) is 5.72. The minimum Gasteiger partial charge on any atom is -0.359 e. The van der Waals surface area contributed by atoms with Gasteiger partial charge in [0.25, 0.3) is 0 Å². The van der Waals surface area contributed by atoms with Crippen LogP contribution in [0.5, 0.6) is 0 Å². The minimum atomic E-state index is 0.0375. The zero-order valence-corrected chi connectivity index (χ0v) is 13.4. The number of fused-ring (bicyclic) bond motifs is 1. The third-order valence-corrected chi connectivity index (χ3v) is 4.32. The molecule has 0 spiro atoms. The van der Waals surface area contributed by atoms with Crippen molar-refractivity contribution in [2.75, 3.05) is 16.8 Å². The molecule has 2 aromatic carbocycles. The van der Waals surface area contributed by atoms with Crippen LogP contribution in [0.1, 0.15) is 23.6 Å². The number of hydrogen-bond donors (Lipinski definition) is 1. The average molecular weight is 294 g/mol. The smallest absolute Gasteiger partial charge is 0.243 e. The lowest BCUT2D eigenvalue weighted by Crippen LogP contribution is -2.37. The highest BCUT2D eigenvalue weighted by Gasteiger charge is 2.27. The number of nitrogens with zero attached hydrogens (tertiary/aromatic N) is 1. The van der Waals surface area contributed by atoms with Crippen molar-refractivity contribution in [3.8, 4) is 0 Å². The number of nitrogens with one attached hydrogen (secondary N) is 1. The molecule has 1 heterocycles. The molecule has 3 heteroatoms. The Labute approximate surface area is 132 Å². The Morgan fingerprint density at radius 3 is 2.77 bits per heavy atom. The number of carbonyl (C=O) groups excluding carboxylic acids is 1. The van der Waals surface area contributed by atoms with E-state index >= 15 is 0 Å². The van der Waals surface area contributed by atoms with E-state index in [9.17, 15) is 4.79 Å². The second kappa shape index (κ2) is 5.84. The van der Waals surface area contributed by atoms with E-state index in [2.05, 4.69) is 48.3 Å². The Kier molecular flexibility index (Phi) is 3.88. The fourth-order valence-electron chi connectivity index (χ4n) is 3.17. The Balaban J connectivity index is 1.72. The van der Waals surface area contributed by atoms with Gasteiger partial charge in [0.2, 0.25) is 5.91 Å². The monoisotopic (exact) mass is 294 g/mol. The number of para-hydroxylation sites is 1. The van der Waals surface area contributed by atoms with Crippen LogP contribution in [-0.4, -0.2) is 18.5 Å². The normalized spacial score (nSPS) is 16.5. The summed E-state index contributed by atoms with van der Waals surface area (Å²) in [5.74, 6) is 0.0375. The van der Waals surface area contributed by atoms with Crippen LogP contribution < -0.4 is 10.2 Å². The molecule has 0 radical (unpaired) electrons.